The van der Waals surface area contributed by atoms with E-state index in [1.165, 1.54) is 0 Å². The maximum atomic E-state index is 8.88. The minimum absolute atomic E-state index is 0.326. The van der Waals surface area contributed by atoms with E-state index in [4.69, 9.17) is 29.5 Å². The van der Waals surface area contributed by atoms with Crippen molar-refractivity contribution in [2.45, 2.75) is 13.2 Å². The normalized spacial score (nSPS) is 13.2. The van der Waals surface area contributed by atoms with Gasteiger partial charge in [0.25, 0.3) is 0 Å². The van der Waals surface area contributed by atoms with Crippen LogP contribution in [-0.2, 0) is 9.30 Å². The molecule has 1 atom stereocenters. The van der Waals surface area contributed by atoms with E-state index in [1.54, 1.807) is 6.92 Å². The van der Waals surface area contributed by atoms with Gasteiger partial charge in [0.2, 0.25) is 0 Å². The minimum Gasteiger partial charge on any atom is -0.391 e. The lowest BCUT2D eigenvalue weighted by Crippen LogP contribution is -2.15. The van der Waals surface area contributed by atoms with Gasteiger partial charge in [0.15, 0.2) is 6.29 Å². The van der Waals surface area contributed by atoms with Gasteiger partial charge in [0.05, 0.1) is 6.61 Å². The molecule has 0 bridgehead atoms. The van der Waals surface area contributed by atoms with Crippen LogP contribution in [0.1, 0.15) is 6.92 Å². The standard InChI is InChI=1S/C4H10O3.H3O4P/c1-2-7-4(6)3-5;1-5(2,3)4/h4-6H,2-3H2,1H3;(H3,1,2,3,4). The first-order chi connectivity index (χ1) is 5.31. The van der Waals surface area contributed by atoms with Crippen molar-refractivity contribution in [1.82, 2.24) is 0 Å². The van der Waals surface area contributed by atoms with Gasteiger partial charge >= 0.3 is 7.82 Å². The maximum absolute atomic E-state index is 8.88. The highest BCUT2D eigenvalue weighted by molar-refractivity contribution is 7.45. The second-order valence-corrected chi connectivity index (χ2v) is 2.63. The van der Waals surface area contributed by atoms with E-state index < -0.39 is 14.1 Å². The van der Waals surface area contributed by atoms with Crippen LogP contribution in [0.5, 0.6) is 0 Å². The molecule has 0 rings (SSSR count). The molecule has 0 aromatic rings. The van der Waals surface area contributed by atoms with Crippen molar-refractivity contribution in [3.05, 3.63) is 0 Å². The van der Waals surface area contributed by atoms with Gasteiger partial charge in [-0.15, -0.1) is 0 Å². The molecule has 0 aromatic carbocycles. The van der Waals surface area contributed by atoms with Gasteiger partial charge in [-0.25, -0.2) is 4.57 Å². The zero-order chi connectivity index (χ0) is 10.2. The van der Waals surface area contributed by atoms with Gasteiger partial charge in [-0.05, 0) is 6.92 Å². The van der Waals surface area contributed by atoms with Gasteiger partial charge in [-0.1, -0.05) is 0 Å². The monoisotopic (exact) mass is 204 g/mol. The summed E-state index contributed by atoms with van der Waals surface area (Å²) < 4.78 is 13.4. The summed E-state index contributed by atoms with van der Waals surface area (Å²) in [6.45, 7) is 1.86. The average molecular weight is 204 g/mol. The van der Waals surface area contributed by atoms with Crippen LogP contribution in [0.15, 0.2) is 0 Å². The van der Waals surface area contributed by atoms with Gasteiger partial charge in [0, 0.05) is 6.61 Å². The van der Waals surface area contributed by atoms with Crippen LogP contribution in [0.2, 0.25) is 0 Å². The predicted molar refractivity (Wildman–Crippen MR) is 39.0 cm³/mol. The van der Waals surface area contributed by atoms with Crippen molar-refractivity contribution in [3.8, 4) is 0 Å². The largest absolute Gasteiger partial charge is 0.466 e. The Hall–Kier alpha value is -0.0100. The molecule has 0 saturated carbocycles. The summed E-state index contributed by atoms with van der Waals surface area (Å²) in [5, 5.41) is 16.5. The lowest BCUT2D eigenvalue weighted by molar-refractivity contribution is -0.120. The fraction of sp³-hybridized carbons (Fsp3) is 1.00. The first kappa shape index (κ1) is 14.5. The topological polar surface area (TPSA) is 127 Å². The van der Waals surface area contributed by atoms with E-state index >= 15 is 0 Å². The second-order valence-electron chi connectivity index (χ2n) is 1.61. The molecule has 0 aliphatic carbocycles. The van der Waals surface area contributed by atoms with Crippen LogP contribution in [0, 0.1) is 0 Å². The zero-order valence-corrected chi connectivity index (χ0v) is 7.39. The van der Waals surface area contributed by atoms with Crippen molar-refractivity contribution >= 4 is 7.82 Å². The summed E-state index contributed by atoms with van der Waals surface area (Å²) in [4.78, 5) is 21.6. The van der Waals surface area contributed by atoms with Crippen molar-refractivity contribution in [3.63, 3.8) is 0 Å². The first-order valence-corrected chi connectivity index (χ1v) is 4.56. The number of hydrogen-bond acceptors (Lipinski definition) is 4. The average Bonchev–Trinajstić information content (AvgIpc) is 1.85. The van der Waals surface area contributed by atoms with Gasteiger partial charge in [-0.3, -0.25) is 0 Å². The number of ether oxygens (including phenoxy) is 1. The smallest absolute Gasteiger partial charge is 0.391 e. The predicted octanol–water partition coefficient (Wildman–Crippen LogP) is -1.60. The zero-order valence-electron chi connectivity index (χ0n) is 6.49. The van der Waals surface area contributed by atoms with Crippen LogP contribution in [0.4, 0.5) is 0 Å². The Labute approximate surface area is 69.5 Å². The molecule has 7 nitrogen and oxygen atoms in total. The molecule has 0 radical (unpaired) electrons. The molecule has 0 aliphatic heterocycles. The molecular weight excluding hydrogens is 191 g/mol. The Morgan fingerprint density at radius 2 is 1.75 bits per heavy atom. The Balaban J connectivity index is 0. The summed E-state index contributed by atoms with van der Waals surface area (Å²) in [6, 6.07) is 0. The van der Waals surface area contributed by atoms with Crippen LogP contribution < -0.4 is 0 Å². The highest BCUT2D eigenvalue weighted by Gasteiger charge is 2.00. The van der Waals surface area contributed by atoms with Crippen LogP contribution in [0.25, 0.3) is 0 Å². The summed E-state index contributed by atoms with van der Waals surface area (Å²) in [6.07, 6.45) is -0.995. The van der Waals surface area contributed by atoms with E-state index in [9.17, 15) is 0 Å². The lowest BCUT2D eigenvalue weighted by atomic mass is 10.7. The quantitative estimate of drug-likeness (QED) is 0.277. The molecule has 0 spiro atoms. The third-order valence-electron chi connectivity index (χ3n) is 0.515. The Morgan fingerprint density at radius 3 is 1.83 bits per heavy atom. The molecule has 0 aliphatic rings. The molecule has 76 valence electrons. The van der Waals surface area contributed by atoms with E-state index in [1.807, 2.05) is 0 Å². The highest BCUT2D eigenvalue weighted by atomic mass is 31.2. The first-order valence-electron chi connectivity index (χ1n) is 3.00. The number of rotatable bonds is 3. The molecule has 8 heteroatoms. The Bertz CT molecular complexity index is 123. The summed E-state index contributed by atoms with van der Waals surface area (Å²) >= 11 is 0. The number of phosphoric acid groups is 1. The molecule has 0 saturated heterocycles. The Morgan fingerprint density at radius 1 is 1.42 bits per heavy atom. The van der Waals surface area contributed by atoms with E-state index in [-0.39, 0.29) is 6.61 Å². The van der Waals surface area contributed by atoms with E-state index in [2.05, 4.69) is 4.74 Å². The molecular formula is C4H13O7P. The minimum atomic E-state index is -4.64. The molecule has 0 amide bonds. The third kappa shape index (κ3) is 32.4. The molecule has 12 heavy (non-hydrogen) atoms. The number of aliphatic hydroxyl groups excluding tert-OH is 2. The van der Waals surface area contributed by atoms with Crippen molar-refractivity contribution in [2.75, 3.05) is 13.2 Å². The van der Waals surface area contributed by atoms with Crippen LogP contribution >= 0.6 is 7.82 Å². The fourth-order valence-corrected chi connectivity index (χ4v) is 0.245. The van der Waals surface area contributed by atoms with Crippen LogP contribution in [0.3, 0.4) is 0 Å². The maximum Gasteiger partial charge on any atom is 0.466 e. The second kappa shape index (κ2) is 7.63. The van der Waals surface area contributed by atoms with Crippen LogP contribution in [-0.4, -0.2) is 44.4 Å². The van der Waals surface area contributed by atoms with Gasteiger partial charge < -0.3 is 29.6 Å². The highest BCUT2D eigenvalue weighted by Crippen LogP contribution is 2.25. The third-order valence-corrected chi connectivity index (χ3v) is 0.515. The van der Waals surface area contributed by atoms with Gasteiger partial charge in [0.1, 0.15) is 0 Å². The van der Waals surface area contributed by atoms with Crippen molar-refractivity contribution < 1.29 is 34.2 Å². The molecule has 0 aromatic heterocycles. The van der Waals surface area contributed by atoms with E-state index in [0.29, 0.717) is 6.61 Å². The summed E-state index contributed by atoms with van der Waals surface area (Å²) in [5.41, 5.74) is 0. The lowest BCUT2D eigenvalue weighted by Gasteiger charge is -2.03. The van der Waals surface area contributed by atoms with Gasteiger partial charge in [-0.2, -0.15) is 0 Å². The number of hydrogen-bond donors (Lipinski definition) is 5. The Kier molecular flexibility index (Phi) is 9.23. The summed E-state index contributed by atoms with van der Waals surface area (Å²) in [5.74, 6) is 0. The molecule has 1 unspecified atom stereocenters. The molecule has 5 N–H and O–H groups in total. The van der Waals surface area contributed by atoms with Crippen molar-refractivity contribution in [1.29, 1.82) is 0 Å². The fourth-order valence-electron chi connectivity index (χ4n) is 0.245. The molecule has 0 fully saturated rings. The molecule has 0 heterocycles. The van der Waals surface area contributed by atoms with E-state index in [0.717, 1.165) is 0 Å². The SMILES string of the molecule is CCOC(O)CO.O=P(O)(O)O. The van der Waals surface area contributed by atoms with Crippen molar-refractivity contribution in [2.24, 2.45) is 0 Å². The number of aliphatic hydroxyl groups is 2. The summed E-state index contributed by atoms with van der Waals surface area (Å²) in [7, 11) is -4.64.